The van der Waals surface area contributed by atoms with E-state index in [9.17, 15) is 4.79 Å². The third-order valence-corrected chi connectivity index (χ3v) is 2.74. The summed E-state index contributed by atoms with van der Waals surface area (Å²) >= 11 is 3.03. The molecule has 0 saturated carbocycles. The molecule has 0 aromatic carbocycles. The summed E-state index contributed by atoms with van der Waals surface area (Å²) in [6, 6.07) is 0. The van der Waals surface area contributed by atoms with E-state index < -0.39 is 5.97 Å². The quantitative estimate of drug-likeness (QED) is 0.670. The summed E-state index contributed by atoms with van der Waals surface area (Å²) < 4.78 is 1.91. The Kier molecular flexibility index (Phi) is 2.13. The van der Waals surface area contributed by atoms with Gasteiger partial charge in [-0.3, -0.25) is 4.79 Å². The largest absolute Gasteiger partial charge is 0.481 e. The maximum absolute atomic E-state index is 10.1. The first kappa shape index (κ1) is 6.64. The van der Waals surface area contributed by atoms with Crippen LogP contribution in [0.15, 0.2) is 10.1 Å². The smallest absolute Gasteiger partial charge is 0.310 e. The highest BCUT2D eigenvalue weighted by Gasteiger charge is 2.07. The van der Waals surface area contributed by atoms with Gasteiger partial charge in [-0.2, -0.15) is 0 Å². The summed E-state index contributed by atoms with van der Waals surface area (Å²) in [5, 5.41) is 10.2. The summed E-state index contributed by atoms with van der Waals surface area (Å²) in [5.74, 6) is -0.760. The zero-order valence-electron chi connectivity index (χ0n) is 4.53. The molecule has 0 amide bonds. The highest BCUT2D eigenvalue weighted by atomic mass is 32.2. The van der Waals surface area contributed by atoms with Gasteiger partial charge in [-0.05, 0) is 0 Å². The average molecular weight is 161 g/mol. The Labute approximate surface area is 60.4 Å². The molecule has 0 radical (unpaired) electrons. The molecule has 2 nitrogen and oxygen atoms in total. The van der Waals surface area contributed by atoms with Crippen LogP contribution in [0.2, 0.25) is 0 Å². The van der Waals surface area contributed by atoms with Crippen molar-refractivity contribution in [1.29, 1.82) is 0 Å². The minimum Gasteiger partial charge on any atom is -0.481 e. The van der Waals surface area contributed by atoms with E-state index in [0.29, 0.717) is 0 Å². The van der Waals surface area contributed by atoms with Crippen LogP contribution in [-0.2, 0) is 11.2 Å². The van der Waals surface area contributed by atoms with Crippen LogP contribution in [0.1, 0.15) is 4.88 Å². The lowest BCUT2D eigenvalue weighted by atomic mass is 10.4. The lowest BCUT2D eigenvalue weighted by Crippen LogP contribution is -1.96. The van der Waals surface area contributed by atoms with Crippen molar-refractivity contribution in [1.82, 2.24) is 0 Å². The Bertz CT molecular complexity index is 193. The van der Waals surface area contributed by atoms with Crippen LogP contribution in [-0.4, -0.2) is 11.1 Å². The number of aliphatic carboxylic acids is 1. The maximum atomic E-state index is 10.1. The van der Waals surface area contributed by atoms with E-state index in [0.717, 1.165) is 4.88 Å². The summed E-state index contributed by atoms with van der Waals surface area (Å²) in [6.07, 6.45) is 0.161. The van der Waals surface area contributed by atoms with Gasteiger partial charge in [0.2, 0.25) is 4.69 Å². The van der Waals surface area contributed by atoms with Crippen LogP contribution in [0.4, 0.5) is 0 Å². The molecule has 1 rings (SSSR count). The first-order valence-electron chi connectivity index (χ1n) is 2.33. The Morgan fingerprint density at radius 3 is 3.11 bits per heavy atom. The Morgan fingerprint density at radius 2 is 2.67 bits per heavy atom. The molecule has 1 heterocycles. The minimum atomic E-state index is -0.760. The van der Waals surface area contributed by atoms with E-state index in [1.54, 1.807) is 0 Å². The second kappa shape index (κ2) is 2.89. The molecule has 0 bridgehead atoms. The Balaban J connectivity index is 2.58. The van der Waals surface area contributed by atoms with Crippen molar-refractivity contribution >= 4 is 28.6 Å². The molecule has 0 fully saturated rings. The molecule has 48 valence electrons. The van der Waals surface area contributed by atoms with Gasteiger partial charge in [-0.15, -0.1) is 0 Å². The summed E-state index contributed by atoms with van der Waals surface area (Å²) in [4.78, 5) is 11.0. The van der Waals surface area contributed by atoms with Crippen LogP contribution >= 0.6 is 22.7 Å². The molecule has 0 aliphatic rings. The van der Waals surface area contributed by atoms with E-state index >= 15 is 0 Å². The fourth-order valence-corrected chi connectivity index (χ4v) is 2.22. The van der Waals surface area contributed by atoms with Gasteiger partial charge in [0.1, 0.15) is 11.8 Å². The zero-order valence-corrected chi connectivity index (χ0v) is 6.17. The van der Waals surface area contributed by atoms with Gasteiger partial charge in [-0.1, -0.05) is 0 Å². The van der Waals surface area contributed by atoms with Crippen LogP contribution in [0.25, 0.3) is 0 Å². The lowest BCUT2D eigenvalue weighted by molar-refractivity contribution is -0.136. The highest BCUT2D eigenvalue weighted by Crippen LogP contribution is 2.13. The number of rotatable bonds is 2. The first-order chi connectivity index (χ1) is 4.29. The van der Waals surface area contributed by atoms with Gasteiger partial charge in [0.05, 0.1) is 22.7 Å². The predicted octanol–water partition coefficient (Wildman–Crippen LogP) is 1.72. The Morgan fingerprint density at radius 1 is 1.89 bits per heavy atom. The number of carboxylic acids is 1. The maximum Gasteiger partial charge on any atom is 0.310 e. The van der Waals surface area contributed by atoms with E-state index in [1.165, 1.54) is 22.7 Å². The third-order valence-electron chi connectivity index (χ3n) is 0.780. The second-order valence-corrected chi connectivity index (χ2v) is 3.54. The molecule has 0 aliphatic carbocycles. The van der Waals surface area contributed by atoms with E-state index in [-0.39, 0.29) is 6.42 Å². The van der Waals surface area contributed by atoms with Crippen LogP contribution in [0, 0.1) is 0 Å². The highest BCUT2D eigenvalue weighted by molar-refractivity contribution is 7.26. The number of carbonyl (C=O) groups is 1. The topological polar surface area (TPSA) is 37.3 Å². The SMILES string of the molecule is O=C(O)Cc1c[s+]cs1. The van der Waals surface area contributed by atoms with E-state index in [4.69, 9.17) is 5.11 Å². The third kappa shape index (κ3) is 2.07. The molecule has 4 heteroatoms. The summed E-state index contributed by atoms with van der Waals surface area (Å²) in [5.41, 5.74) is 0. The number of carboxylic acid groups (broad SMARTS) is 1. The van der Waals surface area contributed by atoms with Gasteiger partial charge < -0.3 is 5.11 Å². The molecule has 1 N–H and O–H groups in total. The molecule has 0 unspecified atom stereocenters. The molecule has 0 aliphatic heterocycles. The van der Waals surface area contributed by atoms with Crippen molar-refractivity contribution in [3.8, 4) is 0 Å². The number of hydrogen-bond acceptors (Lipinski definition) is 2. The molecular formula is C5H5O2S2+. The van der Waals surface area contributed by atoms with E-state index in [2.05, 4.69) is 0 Å². The fraction of sp³-hybridized carbons (Fsp3) is 0.200. The van der Waals surface area contributed by atoms with E-state index in [1.807, 2.05) is 10.1 Å². The zero-order chi connectivity index (χ0) is 6.69. The molecule has 0 saturated heterocycles. The van der Waals surface area contributed by atoms with Crippen molar-refractivity contribution in [3.05, 3.63) is 15.0 Å². The van der Waals surface area contributed by atoms with Crippen molar-refractivity contribution in [3.63, 3.8) is 0 Å². The van der Waals surface area contributed by atoms with Crippen LogP contribution < -0.4 is 0 Å². The molecule has 1 aromatic rings. The summed E-state index contributed by atoms with van der Waals surface area (Å²) in [7, 11) is 0. The first-order valence-corrected chi connectivity index (χ1v) is 4.16. The van der Waals surface area contributed by atoms with Gasteiger partial charge in [-0.25, -0.2) is 0 Å². The average Bonchev–Trinajstić information content (AvgIpc) is 2.15. The molecule has 0 atom stereocenters. The van der Waals surface area contributed by atoms with Crippen molar-refractivity contribution < 1.29 is 9.90 Å². The van der Waals surface area contributed by atoms with Gasteiger partial charge in [0.15, 0.2) is 4.88 Å². The van der Waals surface area contributed by atoms with Gasteiger partial charge in [0, 0.05) is 0 Å². The molecule has 0 spiro atoms. The minimum absolute atomic E-state index is 0.161. The fourth-order valence-electron chi connectivity index (χ4n) is 0.453. The monoisotopic (exact) mass is 161 g/mol. The number of hydrogen-bond donors (Lipinski definition) is 1. The van der Waals surface area contributed by atoms with Gasteiger partial charge >= 0.3 is 5.97 Å². The lowest BCUT2D eigenvalue weighted by Gasteiger charge is -1.78. The predicted molar refractivity (Wildman–Crippen MR) is 37.9 cm³/mol. The van der Waals surface area contributed by atoms with Crippen molar-refractivity contribution in [2.75, 3.05) is 0 Å². The normalized spacial score (nSPS) is 9.33. The molecule has 9 heavy (non-hydrogen) atoms. The van der Waals surface area contributed by atoms with Crippen LogP contribution in [0.5, 0.6) is 0 Å². The molecular weight excluding hydrogens is 156 g/mol. The van der Waals surface area contributed by atoms with Crippen molar-refractivity contribution in [2.24, 2.45) is 0 Å². The van der Waals surface area contributed by atoms with Gasteiger partial charge in [0.25, 0.3) is 0 Å². The second-order valence-electron chi connectivity index (χ2n) is 1.50. The molecule has 1 aromatic heterocycles. The van der Waals surface area contributed by atoms with Crippen LogP contribution in [0.3, 0.4) is 0 Å². The standard InChI is InChI=1S/C5H4O2S2/c6-5(7)1-4-2-8-3-9-4/h2-3H,1H2/p+1. The Hall–Kier alpha value is -0.480. The summed E-state index contributed by atoms with van der Waals surface area (Å²) in [6.45, 7) is 0. The van der Waals surface area contributed by atoms with Crippen molar-refractivity contribution in [2.45, 2.75) is 6.42 Å².